The number of guanidine groups is 1. The first kappa shape index (κ1) is 22.5. The Balaban J connectivity index is 1.57. The van der Waals surface area contributed by atoms with Crippen LogP contribution in [-0.2, 0) is 23.6 Å². The number of hydrogen-bond acceptors (Lipinski definition) is 6. The van der Waals surface area contributed by atoms with Gasteiger partial charge in [0.2, 0.25) is 16.0 Å². The van der Waals surface area contributed by atoms with Crippen LogP contribution in [0.15, 0.2) is 40.5 Å². The molecule has 0 radical (unpaired) electrons. The second-order valence-corrected chi connectivity index (χ2v) is 10.6. The van der Waals surface area contributed by atoms with Crippen LogP contribution in [-0.4, -0.2) is 59.5 Å². The molecule has 12 heteroatoms. The Hall–Kier alpha value is -3.30. The molecule has 1 saturated carbocycles. The number of carbonyl (C=O) groups is 1. The fourth-order valence-electron chi connectivity index (χ4n) is 4.08. The summed E-state index contributed by atoms with van der Waals surface area (Å²) in [7, 11) is -2.11. The van der Waals surface area contributed by atoms with Gasteiger partial charge in [0.15, 0.2) is 0 Å². The van der Waals surface area contributed by atoms with Crippen molar-refractivity contribution >= 4 is 27.6 Å². The van der Waals surface area contributed by atoms with Crippen LogP contribution in [0.1, 0.15) is 35.7 Å². The van der Waals surface area contributed by atoms with Crippen molar-refractivity contribution in [3.8, 4) is 11.8 Å². The number of nitrogens with one attached hydrogen (secondary N) is 1. The number of nitrogens with zero attached hydrogens (tertiary/aromatic N) is 5. The van der Waals surface area contributed by atoms with Crippen molar-refractivity contribution in [3.63, 3.8) is 0 Å². The van der Waals surface area contributed by atoms with Crippen molar-refractivity contribution < 1.29 is 22.0 Å². The summed E-state index contributed by atoms with van der Waals surface area (Å²) in [6.45, 7) is 2.05. The van der Waals surface area contributed by atoms with Crippen molar-refractivity contribution in [1.82, 2.24) is 19.4 Å². The summed E-state index contributed by atoms with van der Waals surface area (Å²) in [4.78, 5) is 20.9. The van der Waals surface area contributed by atoms with Crippen molar-refractivity contribution in [1.29, 1.82) is 0 Å². The van der Waals surface area contributed by atoms with E-state index in [0.29, 0.717) is 5.69 Å². The highest BCUT2D eigenvalue weighted by Gasteiger charge is 2.44. The number of alkyl halides is 2. The van der Waals surface area contributed by atoms with Crippen LogP contribution >= 0.6 is 0 Å². The number of hydrogen-bond donors (Lipinski definition) is 1. The van der Waals surface area contributed by atoms with Crippen LogP contribution in [0.5, 0.6) is 0 Å². The normalized spacial score (nSPS) is 20.6. The zero-order chi connectivity index (χ0) is 24.3. The molecule has 1 fully saturated rings. The number of benzene rings is 1. The molecule has 3 aliphatic rings. The van der Waals surface area contributed by atoms with Gasteiger partial charge in [-0.2, -0.15) is 13.9 Å². The third-order valence-electron chi connectivity index (χ3n) is 6.03. The Morgan fingerprint density at radius 2 is 2.09 bits per heavy atom. The predicted octanol–water partition coefficient (Wildman–Crippen LogP) is 1.72. The number of amides is 1. The molecular weight excluding hydrogens is 466 g/mol. The summed E-state index contributed by atoms with van der Waals surface area (Å²) in [5.41, 5.74) is 0.776. The van der Waals surface area contributed by atoms with Gasteiger partial charge in [-0.15, -0.1) is 0 Å². The number of rotatable bonds is 5. The minimum absolute atomic E-state index is 0.0381. The molecule has 0 saturated heterocycles. The second-order valence-electron chi connectivity index (χ2n) is 8.87. The molecule has 178 valence electrons. The number of sulfonamides is 1. The Morgan fingerprint density at radius 3 is 2.74 bits per heavy atom. The van der Waals surface area contributed by atoms with Gasteiger partial charge in [-0.05, 0) is 43.9 Å². The number of halogens is 2. The van der Waals surface area contributed by atoms with Gasteiger partial charge >= 0.3 is 0 Å². The molecule has 3 heterocycles. The molecule has 2 aromatic rings. The van der Waals surface area contributed by atoms with E-state index in [1.165, 1.54) is 23.1 Å². The third kappa shape index (κ3) is 4.05. The zero-order valence-corrected chi connectivity index (χ0v) is 19.3. The number of aliphatic imine (C=N–C) groups is 1. The highest BCUT2D eigenvalue weighted by atomic mass is 32.2. The summed E-state index contributed by atoms with van der Waals surface area (Å²) < 4.78 is 55.7. The van der Waals surface area contributed by atoms with E-state index in [9.17, 15) is 22.0 Å². The van der Waals surface area contributed by atoms with Crippen LogP contribution < -0.4 is 9.62 Å². The monoisotopic (exact) mass is 488 g/mol. The molecule has 1 aliphatic carbocycles. The number of fused-ring (bicyclic) bond motifs is 3. The molecule has 9 nitrogen and oxygen atoms in total. The number of aromatic nitrogens is 2. The number of carbonyl (C=O) groups excluding carboxylic acids is 1. The van der Waals surface area contributed by atoms with E-state index in [4.69, 9.17) is 0 Å². The first-order valence-corrected chi connectivity index (χ1v) is 12.1. The van der Waals surface area contributed by atoms with Crippen LogP contribution in [0.2, 0.25) is 0 Å². The van der Waals surface area contributed by atoms with E-state index in [1.54, 1.807) is 29.0 Å². The molecule has 2 aliphatic heterocycles. The molecule has 0 spiro atoms. The van der Waals surface area contributed by atoms with E-state index in [1.807, 2.05) is 12.8 Å². The largest absolute Gasteiger partial charge is 0.298 e. The molecule has 1 atom stereocenters. The van der Waals surface area contributed by atoms with Gasteiger partial charge in [0.1, 0.15) is 6.04 Å². The summed E-state index contributed by atoms with van der Waals surface area (Å²) in [6, 6.07) is 3.54. The molecule has 0 bridgehead atoms. The van der Waals surface area contributed by atoms with E-state index in [-0.39, 0.29) is 29.5 Å². The topological polar surface area (TPSA) is 99.9 Å². The smallest absolute Gasteiger partial charge is 0.295 e. The van der Waals surface area contributed by atoms with Crippen LogP contribution in [0.3, 0.4) is 0 Å². The summed E-state index contributed by atoms with van der Waals surface area (Å²) in [5.74, 6) is 4.26. The molecule has 1 unspecified atom stereocenters. The minimum Gasteiger partial charge on any atom is -0.295 e. The standard InChI is InChI=1S/C22H22F2N6O3S/c1-22(7-8-22)27-34(32,33)16-4-5-18-17(9-16)20(31)29(13-14-10-26-28(2)12-14)21-25-11-15(30(18)21)3-6-19(23)24/h4-5,9-10,12,15,19,27H,7-8,11,13H2,1-2H3. The molecule has 5 rings (SSSR count). The lowest BCUT2D eigenvalue weighted by molar-refractivity contribution is 0.0833. The van der Waals surface area contributed by atoms with E-state index < -0.39 is 33.9 Å². The molecule has 1 N–H and O–H groups in total. The third-order valence-corrected chi connectivity index (χ3v) is 7.66. The average molecular weight is 489 g/mol. The Labute approximate surface area is 195 Å². The molecule has 1 aromatic carbocycles. The SMILES string of the molecule is Cn1cc(CN2C(=O)c3cc(S(=O)(=O)NC4(C)CC4)ccc3N3C2=NCC3C#CC(F)F)cn1. The van der Waals surface area contributed by atoms with Gasteiger partial charge in [-0.1, -0.05) is 5.92 Å². The maximum absolute atomic E-state index is 13.5. The van der Waals surface area contributed by atoms with Crippen LogP contribution in [0, 0.1) is 11.8 Å². The Kier molecular flexibility index (Phi) is 5.22. The second kappa shape index (κ2) is 7.89. The first-order chi connectivity index (χ1) is 16.1. The summed E-state index contributed by atoms with van der Waals surface area (Å²) in [6.07, 6.45) is 2.04. The highest BCUT2D eigenvalue weighted by molar-refractivity contribution is 7.89. The van der Waals surface area contributed by atoms with Gasteiger partial charge in [-0.25, -0.2) is 18.1 Å². The average Bonchev–Trinajstić information content (AvgIpc) is 3.16. The number of anilines is 1. The van der Waals surface area contributed by atoms with Crippen molar-refractivity contribution in [2.75, 3.05) is 11.4 Å². The lowest BCUT2D eigenvalue weighted by Crippen LogP contribution is -2.52. The molecule has 34 heavy (non-hydrogen) atoms. The van der Waals surface area contributed by atoms with Gasteiger partial charge in [0.05, 0.1) is 35.4 Å². The van der Waals surface area contributed by atoms with E-state index in [2.05, 4.69) is 20.7 Å². The predicted molar refractivity (Wildman–Crippen MR) is 120 cm³/mol. The highest BCUT2D eigenvalue weighted by Crippen LogP contribution is 2.38. The lowest BCUT2D eigenvalue weighted by Gasteiger charge is -2.37. The van der Waals surface area contributed by atoms with Gasteiger partial charge in [0, 0.05) is 24.3 Å². The maximum atomic E-state index is 13.5. The summed E-state index contributed by atoms with van der Waals surface area (Å²) in [5, 5.41) is 4.12. The fourth-order valence-corrected chi connectivity index (χ4v) is 5.57. The fraction of sp³-hybridized carbons (Fsp3) is 0.409. The lowest BCUT2D eigenvalue weighted by atomic mass is 10.1. The van der Waals surface area contributed by atoms with E-state index in [0.717, 1.165) is 18.4 Å². The van der Waals surface area contributed by atoms with Crippen molar-refractivity contribution in [2.24, 2.45) is 12.0 Å². The molecule has 1 aromatic heterocycles. The quantitative estimate of drug-likeness (QED) is 0.646. The molecule has 1 amide bonds. The van der Waals surface area contributed by atoms with Crippen molar-refractivity contribution in [3.05, 3.63) is 41.7 Å². The zero-order valence-electron chi connectivity index (χ0n) is 18.5. The number of aryl methyl sites for hydroxylation is 1. The Bertz CT molecular complexity index is 1370. The van der Waals surface area contributed by atoms with Crippen LogP contribution in [0.25, 0.3) is 0 Å². The van der Waals surface area contributed by atoms with E-state index >= 15 is 0 Å². The molecular formula is C22H22F2N6O3S. The van der Waals surface area contributed by atoms with Gasteiger partial charge < -0.3 is 0 Å². The van der Waals surface area contributed by atoms with Crippen LogP contribution in [0.4, 0.5) is 14.5 Å². The van der Waals surface area contributed by atoms with Gasteiger partial charge in [-0.3, -0.25) is 19.3 Å². The maximum Gasteiger partial charge on any atom is 0.298 e. The Morgan fingerprint density at radius 1 is 1.32 bits per heavy atom. The summed E-state index contributed by atoms with van der Waals surface area (Å²) >= 11 is 0. The minimum atomic E-state index is -3.85. The van der Waals surface area contributed by atoms with Crippen molar-refractivity contribution in [2.45, 2.75) is 49.2 Å². The van der Waals surface area contributed by atoms with Gasteiger partial charge in [0.25, 0.3) is 12.3 Å². The first-order valence-electron chi connectivity index (χ1n) is 10.7.